The van der Waals surface area contributed by atoms with Crippen LogP contribution in [-0.4, -0.2) is 52.6 Å². The minimum Gasteiger partial charge on any atom is -0.480 e. The monoisotopic (exact) mass is 282 g/mol. The molecule has 5 heteroatoms. The van der Waals surface area contributed by atoms with Gasteiger partial charge in [-0.25, -0.2) is 9.59 Å². The smallest absolute Gasteiger partial charge is 0.326 e. The molecular weight excluding hydrogens is 256 g/mol. The van der Waals surface area contributed by atoms with E-state index in [1.165, 1.54) is 30.6 Å². The number of carbonyl (C=O) groups is 2. The van der Waals surface area contributed by atoms with Crippen LogP contribution in [0.1, 0.15) is 51.9 Å². The summed E-state index contributed by atoms with van der Waals surface area (Å²) in [5.41, 5.74) is 0. The van der Waals surface area contributed by atoms with Gasteiger partial charge in [-0.3, -0.25) is 0 Å². The number of likely N-dealkylation sites (tertiary alicyclic amines) is 1. The van der Waals surface area contributed by atoms with Crippen LogP contribution in [-0.2, 0) is 4.79 Å². The molecule has 0 aromatic heterocycles. The zero-order valence-electron chi connectivity index (χ0n) is 12.5. The summed E-state index contributed by atoms with van der Waals surface area (Å²) in [6.45, 7) is 2.59. The quantitative estimate of drug-likeness (QED) is 0.865. The van der Waals surface area contributed by atoms with Gasteiger partial charge in [-0.1, -0.05) is 19.8 Å². The highest BCUT2D eigenvalue weighted by atomic mass is 16.4. The van der Waals surface area contributed by atoms with E-state index in [0.29, 0.717) is 18.4 Å². The molecule has 2 aliphatic rings. The first-order chi connectivity index (χ1) is 9.56. The van der Waals surface area contributed by atoms with Crippen LogP contribution in [0, 0.1) is 5.92 Å². The first-order valence-corrected chi connectivity index (χ1v) is 7.82. The molecule has 2 rings (SSSR count). The molecule has 1 heterocycles. The molecule has 2 amide bonds. The summed E-state index contributed by atoms with van der Waals surface area (Å²) >= 11 is 0. The maximum atomic E-state index is 12.6. The van der Waals surface area contributed by atoms with Crippen LogP contribution < -0.4 is 0 Å². The van der Waals surface area contributed by atoms with Crippen molar-refractivity contribution in [1.29, 1.82) is 0 Å². The Hall–Kier alpha value is -1.26. The number of likely N-dealkylation sites (N-methyl/N-ethyl adjacent to an activating group) is 1. The molecule has 0 aromatic carbocycles. The van der Waals surface area contributed by atoms with E-state index in [-0.39, 0.29) is 6.03 Å². The van der Waals surface area contributed by atoms with Crippen molar-refractivity contribution in [2.45, 2.75) is 64.0 Å². The summed E-state index contributed by atoms with van der Waals surface area (Å²) in [6.07, 6.45) is 7.46. The van der Waals surface area contributed by atoms with Crippen molar-refractivity contribution in [1.82, 2.24) is 9.80 Å². The van der Waals surface area contributed by atoms with Crippen molar-refractivity contribution >= 4 is 12.0 Å². The lowest BCUT2D eigenvalue weighted by molar-refractivity contribution is -0.142. The van der Waals surface area contributed by atoms with Gasteiger partial charge in [0.05, 0.1) is 0 Å². The van der Waals surface area contributed by atoms with Gasteiger partial charge in [0.1, 0.15) is 6.04 Å². The lowest BCUT2D eigenvalue weighted by Crippen LogP contribution is -2.56. The molecule has 5 nitrogen and oxygen atoms in total. The number of hydrogen-bond acceptors (Lipinski definition) is 2. The summed E-state index contributed by atoms with van der Waals surface area (Å²) in [6, 6.07) is -0.485. The van der Waals surface area contributed by atoms with Crippen molar-refractivity contribution in [3.63, 3.8) is 0 Å². The number of hydrogen-bond donors (Lipinski definition) is 1. The Bertz CT molecular complexity index is 370. The average Bonchev–Trinajstić information content (AvgIpc) is 2.46. The number of nitrogens with zero attached hydrogens (tertiary/aromatic N) is 2. The Morgan fingerprint density at radius 3 is 2.55 bits per heavy atom. The first-order valence-electron chi connectivity index (χ1n) is 7.82. The first kappa shape index (κ1) is 15.1. The predicted molar refractivity (Wildman–Crippen MR) is 76.6 cm³/mol. The molecule has 1 aliphatic carbocycles. The zero-order chi connectivity index (χ0) is 14.7. The van der Waals surface area contributed by atoms with Gasteiger partial charge in [-0.15, -0.1) is 0 Å². The Labute approximate surface area is 120 Å². The highest BCUT2D eigenvalue weighted by Crippen LogP contribution is 2.35. The molecule has 1 aliphatic heterocycles. The summed E-state index contributed by atoms with van der Waals surface area (Å²) in [7, 11) is 1.62. The van der Waals surface area contributed by atoms with Crippen molar-refractivity contribution in [2.75, 3.05) is 13.6 Å². The Morgan fingerprint density at radius 1 is 1.25 bits per heavy atom. The summed E-state index contributed by atoms with van der Waals surface area (Å²) in [5, 5.41) is 9.21. The minimum absolute atomic E-state index is 0.101. The largest absolute Gasteiger partial charge is 0.480 e. The molecule has 2 fully saturated rings. The minimum atomic E-state index is -0.916. The number of piperidine rings is 1. The van der Waals surface area contributed by atoms with Gasteiger partial charge in [0, 0.05) is 19.6 Å². The van der Waals surface area contributed by atoms with E-state index in [9.17, 15) is 14.7 Å². The lowest BCUT2D eigenvalue weighted by Gasteiger charge is -2.45. The Kier molecular flexibility index (Phi) is 4.89. The third-order valence-electron chi connectivity index (χ3n) is 4.93. The third-order valence-corrected chi connectivity index (χ3v) is 4.93. The molecule has 1 unspecified atom stereocenters. The van der Waals surface area contributed by atoms with Crippen LogP contribution >= 0.6 is 0 Å². The van der Waals surface area contributed by atoms with E-state index >= 15 is 0 Å². The van der Waals surface area contributed by atoms with Gasteiger partial charge in [-0.2, -0.15) is 0 Å². The van der Waals surface area contributed by atoms with Crippen LogP contribution in [0.2, 0.25) is 0 Å². The fourth-order valence-electron chi connectivity index (χ4n) is 3.81. The van der Waals surface area contributed by atoms with Crippen LogP contribution in [0.15, 0.2) is 0 Å². The van der Waals surface area contributed by atoms with Crippen molar-refractivity contribution in [3.8, 4) is 0 Å². The van der Waals surface area contributed by atoms with Crippen LogP contribution in [0.5, 0.6) is 0 Å². The van der Waals surface area contributed by atoms with Crippen molar-refractivity contribution < 1.29 is 14.7 Å². The van der Waals surface area contributed by atoms with E-state index < -0.39 is 12.0 Å². The molecule has 0 spiro atoms. The molecule has 20 heavy (non-hydrogen) atoms. The number of carboxylic acids is 1. The summed E-state index contributed by atoms with van der Waals surface area (Å²) < 4.78 is 0. The third kappa shape index (κ3) is 2.91. The summed E-state index contributed by atoms with van der Waals surface area (Å²) in [4.78, 5) is 27.2. The molecule has 0 radical (unpaired) electrons. The second kappa shape index (κ2) is 6.46. The SMILES string of the molecule is CCC(C(=O)O)N(C)C(=O)N1CCC[C@H]2CCCC[C@H]21. The van der Waals surface area contributed by atoms with Crippen LogP contribution in [0.3, 0.4) is 0 Å². The number of rotatable bonds is 3. The Morgan fingerprint density at radius 2 is 1.90 bits per heavy atom. The molecular formula is C15H26N2O3. The molecule has 1 saturated heterocycles. The highest BCUT2D eigenvalue weighted by Gasteiger charge is 2.38. The number of fused-ring (bicyclic) bond motifs is 1. The maximum Gasteiger partial charge on any atom is 0.326 e. The van der Waals surface area contributed by atoms with E-state index in [1.807, 2.05) is 11.8 Å². The average molecular weight is 282 g/mol. The van der Waals surface area contributed by atoms with Gasteiger partial charge in [0.25, 0.3) is 0 Å². The van der Waals surface area contributed by atoms with E-state index in [1.54, 1.807) is 7.05 Å². The van der Waals surface area contributed by atoms with E-state index in [2.05, 4.69) is 0 Å². The van der Waals surface area contributed by atoms with Crippen molar-refractivity contribution in [2.24, 2.45) is 5.92 Å². The fourth-order valence-corrected chi connectivity index (χ4v) is 3.81. The van der Waals surface area contributed by atoms with Gasteiger partial charge < -0.3 is 14.9 Å². The predicted octanol–water partition coefficient (Wildman–Crippen LogP) is 2.56. The number of amides is 2. The normalized spacial score (nSPS) is 27.6. The van der Waals surface area contributed by atoms with E-state index in [0.717, 1.165) is 19.4 Å². The maximum absolute atomic E-state index is 12.6. The van der Waals surface area contributed by atoms with Crippen molar-refractivity contribution in [3.05, 3.63) is 0 Å². The number of urea groups is 1. The highest BCUT2D eigenvalue weighted by molar-refractivity contribution is 5.82. The van der Waals surface area contributed by atoms with Gasteiger partial charge in [-0.05, 0) is 38.0 Å². The van der Waals surface area contributed by atoms with Gasteiger partial charge in [0.2, 0.25) is 0 Å². The molecule has 0 bridgehead atoms. The topological polar surface area (TPSA) is 60.9 Å². The number of aliphatic carboxylic acids is 1. The summed E-state index contributed by atoms with van der Waals surface area (Å²) in [5.74, 6) is -0.291. The zero-order valence-corrected chi connectivity index (χ0v) is 12.5. The fraction of sp³-hybridized carbons (Fsp3) is 0.867. The van der Waals surface area contributed by atoms with E-state index in [4.69, 9.17) is 0 Å². The molecule has 0 aromatic rings. The second-order valence-corrected chi connectivity index (χ2v) is 6.10. The molecule has 3 atom stereocenters. The number of carbonyl (C=O) groups excluding carboxylic acids is 1. The number of carboxylic acid groups (broad SMARTS) is 1. The van der Waals surface area contributed by atoms with Crippen LogP contribution in [0.4, 0.5) is 4.79 Å². The Balaban J connectivity index is 2.08. The molecule has 1 N–H and O–H groups in total. The standard InChI is InChI=1S/C15H26N2O3/c1-3-12(14(18)19)16(2)15(20)17-10-6-8-11-7-4-5-9-13(11)17/h11-13H,3-10H2,1-2H3,(H,18,19)/t11-,12?,13-/m1/s1. The second-order valence-electron chi connectivity index (χ2n) is 6.10. The van der Waals surface area contributed by atoms with Gasteiger partial charge in [0.15, 0.2) is 0 Å². The molecule has 1 saturated carbocycles. The van der Waals surface area contributed by atoms with Gasteiger partial charge >= 0.3 is 12.0 Å². The molecule has 114 valence electrons. The lowest BCUT2D eigenvalue weighted by atomic mass is 9.78. The van der Waals surface area contributed by atoms with Crippen LogP contribution in [0.25, 0.3) is 0 Å².